The fraction of sp³-hybridized carbons (Fsp3) is 0. The molecule has 0 fully saturated rings. The van der Waals surface area contributed by atoms with Gasteiger partial charge in [0.2, 0.25) is 0 Å². The predicted octanol–water partition coefficient (Wildman–Crippen LogP) is 11.9. The summed E-state index contributed by atoms with van der Waals surface area (Å²) in [6, 6.07) is 58.0. The molecule has 59 heavy (non-hydrogen) atoms. The molecule has 0 N–H and O–H groups in total. The van der Waals surface area contributed by atoms with E-state index in [2.05, 4.69) is 127 Å². The Balaban J connectivity index is 0.965. The average molecular weight is 765 g/mol. The summed E-state index contributed by atoms with van der Waals surface area (Å²) in [6.07, 6.45) is 0. The lowest BCUT2D eigenvalue weighted by Gasteiger charge is -2.25. The molecular formula is C48H28N8O3. The summed E-state index contributed by atoms with van der Waals surface area (Å²) in [5, 5.41) is 28.5. The van der Waals surface area contributed by atoms with E-state index >= 15 is 0 Å². The van der Waals surface area contributed by atoms with Crippen molar-refractivity contribution in [1.82, 2.24) is 35.5 Å². The molecule has 11 nitrogen and oxygen atoms in total. The third-order valence-corrected chi connectivity index (χ3v) is 11.1. The van der Waals surface area contributed by atoms with Crippen molar-refractivity contribution >= 4 is 72.0 Å². The van der Waals surface area contributed by atoms with Crippen LogP contribution in [0.5, 0.6) is 0 Å². The van der Waals surface area contributed by atoms with Gasteiger partial charge in [0.05, 0.1) is 28.1 Å². The molecule has 0 saturated heterocycles. The van der Waals surface area contributed by atoms with Gasteiger partial charge in [0.25, 0.3) is 0 Å². The van der Waals surface area contributed by atoms with Crippen molar-refractivity contribution in [3.63, 3.8) is 0 Å². The molecule has 0 radical (unpaired) electrons. The summed E-state index contributed by atoms with van der Waals surface area (Å²) in [5.74, 6) is 0. The Hall–Kier alpha value is -8.44. The molecule has 4 heterocycles. The van der Waals surface area contributed by atoms with Crippen LogP contribution in [0.3, 0.4) is 0 Å². The monoisotopic (exact) mass is 764 g/mol. The minimum atomic E-state index is 0.539. The van der Waals surface area contributed by atoms with Gasteiger partial charge >= 0.3 is 0 Å². The van der Waals surface area contributed by atoms with Crippen LogP contribution in [-0.4, -0.2) is 35.5 Å². The number of hydrogen-bond donors (Lipinski definition) is 0. The first kappa shape index (κ1) is 32.8. The number of hydrogen-bond acceptors (Lipinski definition) is 10. The van der Waals surface area contributed by atoms with Crippen molar-refractivity contribution < 1.29 is 13.9 Å². The number of rotatable bonds is 7. The van der Waals surface area contributed by atoms with Gasteiger partial charge < -0.3 is 9.47 Å². The zero-order valence-electron chi connectivity index (χ0n) is 31.0. The van der Waals surface area contributed by atoms with Gasteiger partial charge in [0.1, 0.15) is 16.6 Å². The van der Waals surface area contributed by atoms with E-state index in [0.29, 0.717) is 50.2 Å². The molecule has 4 aromatic heterocycles. The fourth-order valence-corrected chi connectivity index (χ4v) is 8.36. The van der Waals surface area contributed by atoms with Gasteiger partial charge in [-0.2, -0.15) is 0 Å². The first-order valence-corrected chi connectivity index (χ1v) is 19.1. The molecule has 0 saturated carbocycles. The lowest BCUT2D eigenvalue weighted by atomic mass is 9.97. The molecule has 12 rings (SSSR count). The van der Waals surface area contributed by atoms with E-state index in [1.54, 1.807) is 0 Å². The highest BCUT2D eigenvalue weighted by Crippen LogP contribution is 2.46. The van der Waals surface area contributed by atoms with Gasteiger partial charge in [-0.25, -0.2) is 13.9 Å². The lowest BCUT2D eigenvalue weighted by Crippen LogP contribution is -2.12. The quantitative estimate of drug-likeness (QED) is 0.155. The van der Waals surface area contributed by atoms with E-state index in [-0.39, 0.29) is 0 Å². The number of anilines is 3. The average Bonchev–Trinajstić information content (AvgIpc) is 4.14. The van der Waals surface area contributed by atoms with E-state index in [9.17, 15) is 0 Å². The summed E-state index contributed by atoms with van der Waals surface area (Å²) >= 11 is 0. The fourth-order valence-electron chi connectivity index (χ4n) is 8.36. The molecule has 0 atom stereocenters. The van der Waals surface area contributed by atoms with Gasteiger partial charge in [-0.15, -0.1) is 0 Å². The topological polar surface area (TPSA) is 125 Å². The van der Waals surface area contributed by atoms with Crippen LogP contribution < -0.4 is 4.90 Å². The number of para-hydroxylation sites is 2. The highest BCUT2D eigenvalue weighted by Gasteiger charge is 2.27. The third-order valence-electron chi connectivity index (χ3n) is 11.1. The van der Waals surface area contributed by atoms with Crippen molar-refractivity contribution in [3.8, 4) is 39.1 Å². The van der Waals surface area contributed by atoms with Crippen molar-refractivity contribution in [2.45, 2.75) is 0 Å². The second kappa shape index (κ2) is 13.1. The molecule has 0 aliphatic heterocycles. The molecule has 0 unspecified atom stereocenters. The smallest absolute Gasteiger partial charge is 0.159 e. The third kappa shape index (κ3) is 5.15. The largest absolute Gasteiger partial charge is 0.309 e. The Labute approximate surface area is 334 Å². The molecule has 8 aromatic carbocycles. The van der Waals surface area contributed by atoms with Crippen LogP contribution in [0.4, 0.5) is 17.1 Å². The SMILES string of the molecule is c1ccc(-c2ccc(N(c3cccc4nonc34)c3ccc(-c4ccc(-c5ccc6c(c5)c5ccccc5n6-c5ccccc5)cc4)c4nonc34)c3nonc23)cc1. The molecule has 0 amide bonds. The highest BCUT2D eigenvalue weighted by molar-refractivity contribution is 6.11. The van der Waals surface area contributed by atoms with E-state index in [0.717, 1.165) is 44.6 Å². The molecule has 0 bridgehead atoms. The Kier molecular flexibility index (Phi) is 7.26. The normalized spacial score (nSPS) is 11.7. The van der Waals surface area contributed by atoms with Crippen LogP contribution in [0.1, 0.15) is 0 Å². The molecule has 0 aliphatic rings. The predicted molar refractivity (Wildman–Crippen MR) is 228 cm³/mol. The summed E-state index contributed by atoms with van der Waals surface area (Å²) in [7, 11) is 0. The zero-order valence-corrected chi connectivity index (χ0v) is 31.0. The van der Waals surface area contributed by atoms with Crippen molar-refractivity contribution in [1.29, 1.82) is 0 Å². The second-order valence-corrected chi connectivity index (χ2v) is 14.3. The van der Waals surface area contributed by atoms with E-state index in [1.165, 1.54) is 16.3 Å². The van der Waals surface area contributed by atoms with Crippen molar-refractivity contribution in [2.75, 3.05) is 4.90 Å². The van der Waals surface area contributed by atoms with Crippen LogP contribution in [0.25, 0.3) is 94.0 Å². The zero-order chi connectivity index (χ0) is 38.9. The Morgan fingerprint density at radius 3 is 1.63 bits per heavy atom. The second-order valence-electron chi connectivity index (χ2n) is 14.3. The summed E-state index contributed by atoms with van der Waals surface area (Å²) in [6.45, 7) is 0. The van der Waals surface area contributed by atoms with Crippen LogP contribution >= 0.6 is 0 Å². The lowest BCUT2D eigenvalue weighted by molar-refractivity contribution is 0.315. The van der Waals surface area contributed by atoms with Crippen LogP contribution in [-0.2, 0) is 0 Å². The summed E-state index contributed by atoms with van der Waals surface area (Å²) < 4.78 is 18.4. The maximum Gasteiger partial charge on any atom is 0.159 e. The number of aromatic nitrogens is 7. The molecular weight excluding hydrogens is 737 g/mol. The molecule has 0 spiro atoms. The van der Waals surface area contributed by atoms with Gasteiger partial charge in [0.15, 0.2) is 16.6 Å². The van der Waals surface area contributed by atoms with Crippen molar-refractivity contribution in [3.05, 3.63) is 170 Å². The van der Waals surface area contributed by atoms with E-state index in [4.69, 9.17) is 13.9 Å². The maximum absolute atomic E-state index is 5.49. The van der Waals surface area contributed by atoms with Gasteiger partial charge in [-0.3, -0.25) is 0 Å². The highest BCUT2D eigenvalue weighted by atomic mass is 16.6. The molecule has 11 heteroatoms. The molecule has 0 aliphatic carbocycles. The minimum Gasteiger partial charge on any atom is -0.309 e. The Morgan fingerprint density at radius 1 is 0.356 bits per heavy atom. The Morgan fingerprint density at radius 2 is 0.898 bits per heavy atom. The van der Waals surface area contributed by atoms with Gasteiger partial charge in [-0.05, 0) is 120 Å². The van der Waals surface area contributed by atoms with E-state index < -0.39 is 0 Å². The van der Waals surface area contributed by atoms with Crippen molar-refractivity contribution in [2.24, 2.45) is 0 Å². The van der Waals surface area contributed by atoms with Crippen LogP contribution in [0.15, 0.2) is 184 Å². The van der Waals surface area contributed by atoms with Gasteiger partial charge in [-0.1, -0.05) is 103 Å². The molecule has 278 valence electrons. The first-order chi connectivity index (χ1) is 29.3. The number of fused-ring (bicyclic) bond motifs is 6. The molecule has 12 aromatic rings. The van der Waals surface area contributed by atoms with Gasteiger partial charge in [0, 0.05) is 27.6 Å². The number of nitrogens with zero attached hydrogens (tertiary/aromatic N) is 8. The summed E-state index contributed by atoms with van der Waals surface area (Å²) in [5.41, 5.74) is 14.9. The standard InChI is InChI=1S/C48H28N8O3/c1-3-10-30(11-4-1)34-23-26-42(47-44(34)50-58-53-47)56(41-17-9-15-38-46(41)52-57-49-38)43-27-24-35(45-48(43)54-59-51-45)31-20-18-29(19-21-31)32-22-25-40-37(28-32)36-14-7-8-16-39(36)55(40)33-12-5-2-6-13-33/h1-28H. The van der Waals surface area contributed by atoms with Crippen LogP contribution in [0.2, 0.25) is 0 Å². The maximum atomic E-state index is 5.49. The number of benzene rings is 8. The Bertz CT molecular complexity index is 3520. The van der Waals surface area contributed by atoms with Crippen LogP contribution in [0, 0.1) is 0 Å². The summed E-state index contributed by atoms with van der Waals surface area (Å²) in [4.78, 5) is 2.00. The first-order valence-electron chi connectivity index (χ1n) is 19.1. The minimum absolute atomic E-state index is 0.539. The van der Waals surface area contributed by atoms with E-state index in [1.807, 2.05) is 83.8 Å².